The number of sulfonamides is 1. The number of carbonyl (C=O) groups is 1. The summed E-state index contributed by atoms with van der Waals surface area (Å²) in [5, 5.41) is 0. The number of hydrogen-bond donors (Lipinski definition) is 1. The van der Waals surface area contributed by atoms with Crippen LogP contribution < -0.4 is 9.62 Å². The lowest BCUT2D eigenvalue weighted by Crippen LogP contribution is -2.29. The van der Waals surface area contributed by atoms with Gasteiger partial charge in [-0.05, 0) is 60.7 Å². The third kappa shape index (κ3) is 3.42. The Morgan fingerprint density at radius 2 is 1.65 bits per heavy atom. The zero-order valence-electron chi connectivity index (χ0n) is 16.2. The quantitative estimate of drug-likeness (QED) is 0.529. The van der Waals surface area contributed by atoms with Crippen LogP contribution in [0.25, 0.3) is 11.0 Å². The molecule has 1 aliphatic rings. The number of benzene rings is 3. The molecule has 0 saturated carbocycles. The Hall–Kier alpha value is -3.72. The van der Waals surface area contributed by atoms with Crippen molar-refractivity contribution in [1.29, 1.82) is 0 Å². The summed E-state index contributed by atoms with van der Waals surface area (Å²) in [6.07, 6.45) is 0. The van der Waals surface area contributed by atoms with Crippen molar-refractivity contribution < 1.29 is 17.6 Å². The minimum Gasteiger partial charge on any atom is -0.308 e. The first-order chi connectivity index (χ1) is 14.9. The molecule has 0 saturated heterocycles. The highest BCUT2D eigenvalue weighted by molar-refractivity contribution is 7.92. The second-order valence-corrected chi connectivity index (χ2v) is 8.83. The molecule has 9 heteroatoms. The van der Waals surface area contributed by atoms with Gasteiger partial charge in [0.25, 0.3) is 15.9 Å². The molecule has 1 N–H and O–H groups in total. The minimum absolute atomic E-state index is 0.0509. The van der Waals surface area contributed by atoms with Crippen molar-refractivity contribution in [3.05, 3.63) is 84.2 Å². The largest absolute Gasteiger partial charge is 0.308 e. The van der Waals surface area contributed by atoms with Crippen LogP contribution in [0.5, 0.6) is 0 Å². The van der Waals surface area contributed by atoms with E-state index in [1.54, 1.807) is 17.0 Å². The standard InChI is InChI=1S/C22H17FN4O3S/c23-16-7-11-18(12-8-16)31(29,30)25-17-9-5-15(6-10-17)21(28)27-14-13-26-20-4-2-1-3-19(20)24-22(26)27/h1-12,25H,13-14H2. The van der Waals surface area contributed by atoms with Crippen molar-refractivity contribution in [3.63, 3.8) is 0 Å². The lowest BCUT2D eigenvalue weighted by molar-refractivity contribution is 0.0989. The van der Waals surface area contributed by atoms with Crippen LogP contribution in [0.4, 0.5) is 16.0 Å². The van der Waals surface area contributed by atoms with Crippen molar-refractivity contribution in [2.45, 2.75) is 11.4 Å². The van der Waals surface area contributed by atoms with Crippen molar-refractivity contribution in [2.24, 2.45) is 0 Å². The number of nitrogens with zero attached hydrogens (tertiary/aromatic N) is 3. The van der Waals surface area contributed by atoms with E-state index < -0.39 is 15.8 Å². The number of carbonyl (C=O) groups excluding carboxylic acids is 1. The van der Waals surface area contributed by atoms with E-state index in [0.717, 1.165) is 23.2 Å². The molecular weight excluding hydrogens is 419 g/mol. The van der Waals surface area contributed by atoms with Gasteiger partial charge in [0.05, 0.1) is 15.9 Å². The molecule has 0 aliphatic carbocycles. The molecule has 7 nitrogen and oxygen atoms in total. The highest BCUT2D eigenvalue weighted by Crippen LogP contribution is 2.28. The first-order valence-corrected chi connectivity index (χ1v) is 11.1. The molecule has 1 aromatic heterocycles. The SMILES string of the molecule is O=C(c1ccc(NS(=O)(=O)c2ccc(F)cc2)cc1)N1CCn2c1nc1ccccc12. The molecule has 4 aromatic rings. The number of hydrogen-bond acceptors (Lipinski definition) is 4. The van der Waals surface area contributed by atoms with E-state index in [4.69, 9.17) is 0 Å². The summed E-state index contributed by atoms with van der Waals surface area (Å²) < 4.78 is 42.4. The van der Waals surface area contributed by atoms with E-state index in [9.17, 15) is 17.6 Å². The Balaban J connectivity index is 1.36. The zero-order valence-corrected chi connectivity index (χ0v) is 17.0. The summed E-state index contributed by atoms with van der Waals surface area (Å²) in [6, 6.07) is 18.4. The number of amides is 1. The molecule has 0 atom stereocenters. The number of fused-ring (bicyclic) bond motifs is 3. The van der Waals surface area contributed by atoms with Gasteiger partial charge in [-0.2, -0.15) is 0 Å². The maximum Gasteiger partial charge on any atom is 0.261 e. The van der Waals surface area contributed by atoms with Gasteiger partial charge < -0.3 is 4.57 Å². The van der Waals surface area contributed by atoms with E-state index in [0.29, 0.717) is 30.3 Å². The topological polar surface area (TPSA) is 84.3 Å². The summed E-state index contributed by atoms with van der Waals surface area (Å²) in [5.74, 6) is -0.119. The van der Waals surface area contributed by atoms with Crippen LogP contribution in [0.3, 0.4) is 0 Å². The van der Waals surface area contributed by atoms with Crippen molar-refractivity contribution >= 4 is 38.6 Å². The zero-order chi connectivity index (χ0) is 21.6. The van der Waals surface area contributed by atoms with Crippen LogP contribution in [-0.4, -0.2) is 30.4 Å². The van der Waals surface area contributed by atoms with Gasteiger partial charge >= 0.3 is 0 Å². The summed E-state index contributed by atoms with van der Waals surface area (Å²) in [6.45, 7) is 1.18. The average molecular weight is 436 g/mol. The molecule has 5 rings (SSSR count). The predicted molar refractivity (Wildman–Crippen MR) is 115 cm³/mol. The van der Waals surface area contributed by atoms with Gasteiger partial charge in [-0.15, -0.1) is 0 Å². The monoisotopic (exact) mass is 436 g/mol. The maximum absolute atomic E-state index is 13.0. The molecule has 2 heterocycles. The van der Waals surface area contributed by atoms with Crippen LogP contribution >= 0.6 is 0 Å². The average Bonchev–Trinajstić information content (AvgIpc) is 3.33. The van der Waals surface area contributed by atoms with Crippen molar-refractivity contribution in [1.82, 2.24) is 9.55 Å². The van der Waals surface area contributed by atoms with E-state index >= 15 is 0 Å². The third-order valence-electron chi connectivity index (χ3n) is 5.18. The lowest BCUT2D eigenvalue weighted by Gasteiger charge is -2.14. The van der Waals surface area contributed by atoms with E-state index in [-0.39, 0.29) is 10.8 Å². The fourth-order valence-corrected chi connectivity index (χ4v) is 4.70. The van der Waals surface area contributed by atoms with Crippen LogP contribution in [-0.2, 0) is 16.6 Å². The second kappa shape index (κ2) is 7.21. The van der Waals surface area contributed by atoms with Gasteiger partial charge in [0.15, 0.2) is 0 Å². The van der Waals surface area contributed by atoms with E-state index in [2.05, 4.69) is 9.71 Å². The lowest BCUT2D eigenvalue weighted by atomic mass is 10.2. The van der Waals surface area contributed by atoms with Gasteiger partial charge in [0.1, 0.15) is 5.82 Å². The van der Waals surface area contributed by atoms with Crippen molar-refractivity contribution in [2.75, 3.05) is 16.2 Å². The van der Waals surface area contributed by atoms with Crippen LogP contribution in [0, 0.1) is 5.82 Å². The Morgan fingerprint density at radius 1 is 0.935 bits per heavy atom. The smallest absolute Gasteiger partial charge is 0.261 e. The Morgan fingerprint density at radius 3 is 2.39 bits per heavy atom. The molecule has 0 bridgehead atoms. The summed E-state index contributed by atoms with van der Waals surface area (Å²) in [4.78, 5) is 19.2. The minimum atomic E-state index is -3.86. The Labute approximate surface area is 177 Å². The number of para-hydroxylation sites is 2. The highest BCUT2D eigenvalue weighted by atomic mass is 32.2. The molecule has 3 aromatic carbocycles. The molecule has 0 spiro atoms. The van der Waals surface area contributed by atoms with Gasteiger partial charge in [-0.1, -0.05) is 12.1 Å². The first kappa shape index (κ1) is 19.3. The number of imidazole rings is 1. The molecule has 0 fully saturated rings. The Bertz CT molecular complexity index is 1400. The van der Waals surface area contributed by atoms with Gasteiger partial charge in [0, 0.05) is 24.3 Å². The Kier molecular flexibility index (Phi) is 4.48. The molecule has 0 unspecified atom stereocenters. The predicted octanol–water partition coefficient (Wildman–Crippen LogP) is 3.64. The molecule has 31 heavy (non-hydrogen) atoms. The number of halogens is 1. The van der Waals surface area contributed by atoms with Crippen LogP contribution in [0.15, 0.2) is 77.7 Å². The van der Waals surface area contributed by atoms with E-state index in [1.165, 1.54) is 24.3 Å². The molecule has 1 amide bonds. The fourth-order valence-electron chi connectivity index (χ4n) is 3.65. The maximum atomic E-state index is 13.0. The number of aromatic nitrogens is 2. The van der Waals surface area contributed by atoms with Crippen LogP contribution in [0.1, 0.15) is 10.4 Å². The van der Waals surface area contributed by atoms with Gasteiger partial charge in [-0.25, -0.2) is 17.8 Å². The first-order valence-electron chi connectivity index (χ1n) is 9.58. The number of rotatable bonds is 4. The molecule has 1 aliphatic heterocycles. The number of nitrogens with one attached hydrogen (secondary N) is 1. The second-order valence-electron chi connectivity index (χ2n) is 7.15. The van der Waals surface area contributed by atoms with Crippen molar-refractivity contribution in [3.8, 4) is 0 Å². The summed E-state index contributed by atoms with van der Waals surface area (Å²) in [7, 11) is -3.86. The van der Waals surface area contributed by atoms with Crippen LogP contribution in [0.2, 0.25) is 0 Å². The number of anilines is 2. The van der Waals surface area contributed by atoms with Gasteiger partial charge in [0.2, 0.25) is 5.95 Å². The highest BCUT2D eigenvalue weighted by Gasteiger charge is 2.29. The molecular formula is C22H17FN4O3S. The summed E-state index contributed by atoms with van der Waals surface area (Å²) in [5.41, 5.74) is 2.54. The third-order valence-corrected chi connectivity index (χ3v) is 6.57. The fraction of sp³-hybridized carbons (Fsp3) is 0.0909. The molecule has 0 radical (unpaired) electrons. The van der Waals surface area contributed by atoms with E-state index in [1.807, 2.05) is 28.8 Å². The van der Waals surface area contributed by atoms with Gasteiger partial charge in [-0.3, -0.25) is 14.4 Å². The summed E-state index contributed by atoms with van der Waals surface area (Å²) >= 11 is 0. The molecule has 156 valence electrons. The normalized spacial score (nSPS) is 13.4.